The maximum absolute atomic E-state index is 3.63. The van der Waals surface area contributed by atoms with Gasteiger partial charge in [-0.2, -0.15) is 0 Å². The van der Waals surface area contributed by atoms with Crippen molar-refractivity contribution >= 4 is 15.9 Å². The molecule has 3 unspecified atom stereocenters. The molecule has 2 rings (SSSR count). The third-order valence-corrected chi connectivity index (χ3v) is 5.19. The molecule has 0 amide bonds. The first kappa shape index (κ1) is 11.9. The molecule has 0 saturated carbocycles. The van der Waals surface area contributed by atoms with Gasteiger partial charge in [0.1, 0.15) is 0 Å². The Hall–Kier alpha value is 0.400. The summed E-state index contributed by atoms with van der Waals surface area (Å²) >= 11 is 3.63. The van der Waals surface area contributed by atoms with Crippen molar-refractivity contribution in [2.75, 3.05) is 32.0 Å². The van der Waals surface area contributed by atoms with Gasteiger partial charge >= 0.3 is 0 Å². The summed E-state index contributed by atoms with van der Waals surface area (Å²) in [5.41, 5.74) is 0. The maximum atomic E-state index is 3.63. The summed E-state index contributed by atoms with van der Waals surface area (Å²) in [6, 6.07) is 1.60. The molecule has 0 spiro atoms. The third-order valence-electron chi connectivity index (χ3n) is 4.36. The van der Waals surface area contributed by atoms with E-state index in [0.29, 0.717) is 0 Å². The molecule has 3 atom stereocenters. The molecule has 0 bridgehead atoms. The van der Waals surface area contributed by atoms with Crippen molar-refractivity contribution in [1.82, 2.24) is 9.80 Å². The van der Waals surface area contributed by atoms with Gasteiger partial charge in [0.25, 0.3) is 0 Å². The molecule has 0 radical (unpaired) electrons. The summed E-state index contributed by atoms with van der Waals surface area (Å²) in [6.45, 7) is 6.30. The average molecular weight is 275 g/mol. The van der Waals surface area contributed by atoms with Crippen LogP contribution in [0.1, 0.15) is 26.2 Å². The summed E-state index contributed by atoms with van der Waals surface area (Å²) in [7, 11) is 2.28. The van der Waals surface area contributed by atoms with Crippen LogP contribution in [0.5, 0.6) is 0 Å². The molecule has 2 nitrogen and oxygen atoms in total. The van der Waals surface area contributed by atoms with Gasteiger partial charge in [-0.15, -0.1) is 0 Å². The minimum Gasteiger partial charge on any atom is -0.302 e. The van der Waals surface area contributed by atoms with Gasteiger partial charge in [-0.1, -0.05) is 15.9 Å². The third kappa shape index (κ3) is 2.56. The molecule has 2 aliphatic heterocycles. The van der Waals surface area contributed by atoms with Crippen molar-refractivity contribution in [1.29, 1.82) is 0 Å². The summed E-state index contributed by atoms with van der Waals surface area (Å²) in [5.74, 6) is 0.872. The highest BCUT2D eigenvalue weighted by molar-refractivity contribution is 9.09. The van der Waals surface area contributed by atoms with Crippen molar-refractivity contribution in [2.24, 2.45) is 5.92 Å². The van der Waals surface area contributed by atoms with Crippen LogP contribution in [-0.2, 0) is 0 Å². The van der Waals surface area contributed by atoms with E-state index < -0.39 is 0 Å². The highest BCUT2D eigenvalue weighted by atomic mass is 79.9. The van der Waals surface area contributed by atoms with Crippen molar-refractivity contribution in [3.63, 3.8) is 0 Å². The van der Waals surface area contributed by atoms with Gasteiger partial charge in [-0.3, -0.25) is 4.90 Å². The Morgan fingerprint density at radius 1 is 1.27 bits per heavy atom. The fraction of sp³-hybridized carbons (Fsp3) is 1.00. The first-order valence-corrected chi connectivity index (χ1v) is 7.34. The SMILES string of the molecule is CC1C(CBr)CCN1CC1CCCN1C. The van der Waals surface area contributed by atoms with Crippen LogP contribution >= 0.6 is 15.9 Å². The van der Waals surface area contributed by atoms with Crippen molar-refractivity contribution < 1.29 is 0 Å². The molecule has 0 aromatic carbocycles. The minimum atomic E-state index is 0.776. The van der Waals surface area contributed by atoms with Crippen LogP contribution in [0.3, 0.4) is 0 Å². The molecule has 0 aliphatic carbocycles. The fourth-order valence-corrected chi connectivity index (χ4v) is 3.88. The van der Waals surface area contributed by atoms with Crippen LogP contribution < -0.4 is 0 Å². The Morgan fingerprint density at radius 3 is 2.60 bits per heavy atom. The molecule has 0 aromatic rings. The van der Waals surface area contributed by atoms with Gasteiger partial charge in [0.05, 0.1) is 0 Å². The topological polar surface area (TPSA) is 6.48 Å². The maximum Gasteiger partial charge on any atom is 0.0220 e. The van der Waals surface area contributed by atoms with Crippen LogP contribution in [0.2, 0.25) is 0 Å². The molecule has 88 valence electrons. The van der Waals surface area contributed by atoms with Gasteiger partial charge in [0.2, 0.25) is 0 Å². The predicted molar refractivity (Wildman–Crippen MR) is 68.6 cm³/mol. The lowest BCUT2D eigenvalue weighted by molar-refractivity contribution is 0.179. The van der Waals surface area contributed by atoms with Crippen LogP contribution in [0.4, 0.5) is 0 Å². The zero-order valence-corrected chi connectivity index (χ0v) is 11.5. The first-order valence-electron chi connectivity index (χ1n) is 6.22. The van der Waals surface area contributed by atoms with Crippen LogP contribution in [0, 0.1) is 5.92 Å². The standard InChI is InChI=1S/C12H23BrN2/c1-10-11(8-13)5-7-15(10)9-12-4-3-6-14(12)2/h10-12H,3-9H2,1-2H3. The van der Waals surface area contributed by atoms with Crippen LogP contribution in [-0.4, -0.2) is 53.9 Å². The van der Waals surface area contributed by atoms with E-state index in [2.05, 4.69) is 39.7 Å². The zero-order chi connectivity index (χ0) is 10.8. The van der Waals surface area contributed by atoms with E-state index in [-0.39, 0.29) is 0 Å². The van der Waals surface area contributed by atoms with E-state index in [1.54, 1.807) is 0 Å². The summed E-state index contributed by atoms with van der Waals surface area (Å²) in [6.07, 6.45) is 4.17. The molecule has 3 heteroatoms. The van der Waals surface area contributed by atoms with Crippen LogP contribution in [0.15, 0.2) is 0 Å². The number of alkyl halides is 1. The Balaban J connectivity index is 1.85. The lowest BCUT2D eigenvalue weighted by Crippen LogP contribution is -2.41. The number of likely N-dealkylation sites (tertiary alicyclic amines) is 2. The van der Waals surface area contributed by atoms with Crippen molar-refractivity contribution in [3.05, 3.63) is 0 Å². The summed E-state index contributed by atoms with van der Waals surface area (Å²) in [5, 5.41) is 1.17. The molecule has 0 N–H and O–H groups in total. The number of hydrogen-bond donors (Lipinski definition) is 0. The lowest BCUT2D eigenvalue weighted by atomic mass is 10.0. The quantitative estimate of drug-likeness (QED) is 0.728. The second-order valence-corrected chi connectivity index (χ2v) is 5.86. The normalized spacial score (nSPS) is 39.0. The smallest absolute Gasteiger partial charge is 0.0220 e. The minimum absolute atomic E-state index is 0.776. The molecule has 2 fully saturated rings. The predicted octanol–water partition coefficient (Wildman–Crippen LogP) is 2.19. The Kier molecular flexibility index (Phi) is 4.08. The molecule has 2 aliphatic rings. The number of halogens is 1. The number of likely N-dealkylation sites (N-methyl/N-ethyl adjacent to an activating group) is 1. The van der Waals surface area contributed by atoms with E-state index in [9.17, 15) is 0 Å². The van der Waals surface area contributed by atoms with E-state index in [0.717, 1.165) is 18.0 Å². The Labute approximate surface area is 102 Å². The fourth-order valence-electron chi connectivity index (χ4n) is 3.02. The average Bonchev–Trinajstić information content (AvgIpc) is 2.77. The van der Waals surface area contributed by atoms with Crippen molar-refractivity contribution in [2.45, 2.75) is 38.3 Å². The van der Waals surface area contributed by atoms with E-state index in [4.69, 9.17) is 0 Å². The van der Waals surface area contributed by atoms with E-state index in [1.165, 1.54) is 44.2 Å². The first-order chi connectivity index (χ1) is 7.22. The van der Waals surface area contributed by atoms with Gasteiger partial charge in [0.15, 0.2) is 0 Å². The zero-order valence-electron chi connectivity index (χ0n) is 9.95. The highest BCUT2D eigenvalue weighted by Crippen LogP contribution is 2.27. The summed E-state index contributed by atoms with van der Waals surface area (Å²) in [4.78, 5) is 5.23. The Bertz CT molecular complexity index is 210. The summed E-state index contributed by atoms with van der Waals surface area (Å²) < 4.78 is 0. The van der Waals surface area contributed by atoms with Crippen molar-refractivity contribution in [3.8, 4) is 0 Å². The lowest BCUT2D eigenvalue weighted by Gasteiger charge is -2.29. The van der Waals surface area contributed by atoms with Gasteiger partial charge in [-0.25, -0.2) is 0 Å². The molecule has 2 saturated heterocycles. The molecule has 2 heterocycles. The van der Waals surface area contributed by atoms with Crippen LogP contribution in [0.25, 0.3) is 0 Å². The Morgan fingerprint density at radius 2 is 2.07 bits per heavy atom. The monoisotopic (exact) mass is 274 g/mol. The van der Waals surface area contributed by atoms with E-state index in [1.807, 2.05) is 0 Å². The largest absolute Gasteiger partial charge is 0.302 e. The highest BCUT2D eigenvalue weighted by Gasteiger charge is 2.32. The molecule has 15 heavy (non-hydrogen) atoms. The van der Waals surface area contributed by atoms with Gasteiger partial charge in [0, 0.05) is 24.0 Å². The number of rotatable bonds is 3. The molecule has 0 aromatic heterocycles. The molecular formula is C12H23BrN2. The van der Waals surface area contributed by atoms with E-state index >= 15 is 0 Å². The number of hydrogen-bond acceptors (Lipinski definition) is 2. The van der Waals surface area contributed by atoms with Gasteiger partial charge in [-0.05, 0) is 52.2 Å². The molecular weight excluding hydrogens is 252 g/mol. The van der Waals surface area contributed by atoms with Gasteiger partial charge < -0.3 is 4.90 Å². The second kappa shape index (κ2) is 5.15. The second-order valence-electron chi connectivity index (χ2n) is 5.22. The number of nitrogens with zero attached hydrogens (tertiary/aromatic N) is 2.